The molecule has 1 heterocycles. The number of benzene rings is 1. The van der Waals surface area contributed by atoms with Crippen LogP contribution in [0.3, 0.4) is 0 Å². The first-order valence-electron chi connectivity index (χ1n) is 7.10. The van der Waals surface area contributed by atoms with Crippen molar-refractivity contribution in [3.63, 3.8) is 0 Å². The third-order valence-electron chi connectivity index (χ3n) is 3.44. The highest BCUT2D eigenvalue weighted by atomic mass is 35.5. The van der Waals surface area contributed by atoms with Gasteiger partial charge in [0.2, 0.25) is 0 Å². The van der Waals surface area contributed by atoms with Gasteiger partial charge in [-0.1, -0.05) is 25.4 Å². The summed E-state index contributed by atoms with van der Waals surface area (Å²) in [5.74, 6) is 0. The summed E-state index contributed by atoms with van der Waals surface area (Å²) in [4.78, 5) is 12.1. The van der Waals surface area contributed by atoms with E-state index in [0.717, 1.165) is 27.5 Å². The minimum absolute atomic E-state index is 0.0727. The fourth-order valence-corrected chi connectivity index (χ4v) is 2.50. The number of nitrogens with one attached hydrogen (secondary N) is 1. The van der Waals surface area contributed by atoms with Crippen LogP contribution in [0, 0.1) is 13.8 Å². The Morgan fingerprint density at radius 3 is 2.57 bits per heavy atom. The Balaban J connectivity index is 2.48. The summed E-state index contributed by atoms with van der Waals surface area (Å²) in [6.07, 6.45) is 1.92. The van der Waals surface area contributed by atoms with Gasteiger partial charge in [0.25, 0.3) is 0 Å². The third-order valence-corrected chi connectivity index (χ3v) is 3.68. The second-order valence-electron chi connectivity index (χ2n) is 5.64. The lowest BCUT2D eigenvalue weighted by Crippen LogP contribution is -2.26. The van der Waals surface area contributed by atoms with E-state index >= 15 is 0 Å². The van der Waals surface area contributed by atoms with Crippen LogP contribution in [0.15, 0.2) is 35.3 Å². The molecule has 0 saturated heterocycles. The third kappa shape index (κ3) is 3.74. The Kier molecular flexibility index (Phi) is 4.86. The fourth-order valence-electron chi connectivity index (χ4n) is 2.27. The van der Waals surface area contributed by atoms with Crippen molar-refractivity contribution < 1.29 is 0 Å². The highest BCUT2D eigenvalue weighted by Crippen LogP contribution is 2.20. The fraction of sp³-hybridized carbons (Fsp3) is 0.353. The molecule has 1 aromatic heterocycles. The van der Waals surface area contributed by atoms with Crippen molar-refractivity contribution in [2.45, 2.75) is 40.3 Å². The van der Waals surface area contributed by atoms with Gasteiger partial charge in [-0.25, -0.2) is 0 Å². The molecule has 0 saturated carbocycles. The van der Waals surface area contributed by atoms with Gasteiger partial charge >= 0.3 is 0 Å². The first-order chi connectivity index (χ1) is 9.88. The molecule has 21 heavy (non-hydrogen) atoms. The molecule has 0 aliphatic rings. The van der Waals surface area contributed by atoms with Gasteiger partial charge < -0.3 is 9.88 Å². The zero-order valence-electron chi connectivity index (χ0n) is 12.9. The van der Waals surface area contributed by atoms with Crippen molar-refractivity contribution in [3.05, 3.63) is 62.5 Å². The highest BCUT2D eigenvalue weighted by molar-refractivity contribution is 6.30. The molecular weight excluding hydrogens is 284 g/mol. The largest absolute Gasteiger partial charge is 0.320 e. The SMILES string of the molecule is Cc1cc(Cl)ccc1-n1cc(CNC(C)C)c(=O)cc1C. The number of halogens is 1. The first kappa shape index (κ1) is 15.8. The van der Waals surface area contributed by atoms with Gasteiger partial charge in [0.1, 0.15) is 0 Å². The van der Waals surface area contributed by atoms with Crippen LogP contribution in [0.4, 0.5) is 0 Å². The number of aromatic nitrogens is 1. The molecule has 0 aliphatic carbocycles. The Bertz CT molecular complexity index is 704. The van der Waals surface area contributed by atoms with Crippen LogP contribution in [0.1, 0.15) is 30.7 Å². The minimum Gasteiger partial charge on any atom is -0.320 e. The highest BCUT2D eigenvalue weighted by Gasteiger charge is 2.08. The summed E-state index contributed by atoms with van der Waals surface area (Å²) >= 11 is 6.02. The van der Waals surface area contributed by atoms with E-state index in [1.54, 1.807) is 6.07 Å². The lowest BCUT2D eigenvalue weighted by Gasteiger charge is -2.16. The molecular formula is C17H21ClN2O. The molecule has 0 amide bonds. The smallest absolute Gasteiger partial charge is 0.186 e. The van der Waals surface area contributed by atoms with Gasteiger partial charge in [-0.05, 0) is 37.6 Å². The molecule has 0 spiro atoms. The first-order valence-corrected chi connectivity index (χ1v) is 7.48. The summed E-state index contributed by atoms with van der Waals surface area (Å²) in [6, 6.07) is 7.81. The quantitative estimate of drug-likeness (QED) is 0.936. The number of rotatable bonds is 4. The number of aryl methyl sites for hydroxylation is 2. The molecule has 0 aliphatic heterocycles. The predicted molar refractivity (Wildman–Crippen MR) is 88.5 cm³/mol. The monoisotopic (exact) mass is 304 g/mol. The average molecular weight is 305 g/mol. The van der Waals surface area contributed by atoms with Crippen LogP contribution in [-0.2, 0) is 6.54 Å². The number of hydrogen-bond donors (Lipinski definition) is 1. The Morgan fingerprint density at radius 2 is 1.95 bits per heavy atom. The standard InChI is InChI=1S/C17H21ClN2O/c1-11(2)19-9-14-10-20(13(4)8-17(14)21)16-6-5-15(18)7-12(16)3/h5-8,10-11,19H,9H2,1-4H3. The molecule has 0 fully saturated rings. The van der Waals surface area contributed by atoms with Crippen molar-refractivity contribution in [2.75, 3.05) is 0 Å². The van der Waals surface area contributed by atoms with Crippen molar-refractivity contribution in [1.82, 2.24) is 9.88 Å². The molecule has 112 valence electrons. The average Bonchev–Trinajstić information content (AvgIpc) is 2.38. The molecule has 1 aromatic carbocycles. The van der Waals surface area contributed by atoms with E-state index in [1.807, 2.05) is 42.8 Å². The molecule has 1 N–H and O–H groups in total. The van der Waals surface area contributed by atoms with Crippen LogP contribution in [0.2, 0.25) is 5.02 Å². The van der Waals surface area contributed by atoms with E-state index < -0.39 is 0 Å². The molecule has 0 unspecified atom stereocenters. The number of hydrogen-bond acceptors (Lipinski definition) is 2. The Labute approximate surface area is 130 Å². The maximum Gasteiger partial charge on any atom is 0.186 e. The molecule has 4 heteroatoms. The summed E-state index contributed by atoms with van der Waals surface area (Å²) in [6.45, 7) is 8.66. The minimum atomic E-state index is 0.0727. The van der Waals surface area contributed by atoms with Crippen LogP contribution < -0.4 is 10.7 Å². The van der Waals surface area contributed by atoms with Crippen LogP contribution in [-0.4, -0.2) is 10.6 Å². The van der Waals surface area contributed by atoms with Gasteiger partial charge in [0, 0.05) is 46.8 Å². The maximum atomic E-state index is 12.1. The van der Waals surface area contributed by atoms with E-state index in [4.69, 9.17) is 11.6 Å². The van der Waals surface area contributed by atoms with E-state index in [-0.39, 0.29) is 5.43 Å². The van der Waals surface area contributed by atoms with Gasteiger partial charge in [0.15, 0.2) is 5.43 Å². The second kappa shape index (κ2) is 6.46. The predicted octanol–water partition coefficient (Wildman–Crippen LogP) is 3.61. The summed E-state index contributed by atoms with van der Waals surface area (Å²) < 4.78 is 2.05. The summed E-state index contributed by atoms with van der Waals surface area (Å²) in [7, 11) is 0. The maximum absolute atomic E-state index is 12.1. The van der Waals surface area contributed by atoms with Crippen molar-refractivity contribution in [1.29, 1.82) is 0 Å². The molecule has 0 radical (unpaired) electrons. The molecule has 0 atom stereocenters. The summed E-state index contributed by atoms with van der Waals surface area (Å²) in [5.41, 5.74) is 3.88. The summed E-state index contributed by atoms with van der Waals surface area (Å²) in [5, 5.41) is 4.01. The number of nitrogens with zero attached hydrogens (tertiary/aromatic N) is 1. The van der Waals surface area contributed by atoms with E-state index in [2.05, 4.69) is 19.2 Å². The van der Waals surface area contributed by atoms with Gasteiger partial charge in [-0.3, -0.25) is 4.79 Å². The second-order valence-corrected chi connectivity index (χ2v) is 6.08. The molecule has 2 rings (SSSR count). The lowest BCUT2D eigenvalue weighted by molar-refractivity contribution is 0.585. The number of pyridine rings is 1. The van der Waals surface area contributed by atoms with Crippen LogP contribution >= 0.6 is 11.6 Å². The molecule has 3 nitrogen and oxygen atoms in total. The molecule has 0 bridgehead atoms. The van der Waals surface area contributed by atoms with Crippen molar-refractivity contribution in [2.24, 2.45) is 0 Å². The van der Waals surface area contributed by atoms with E-state index in [1.165, 1.54) is 0 Å². The van der Waals surface area contributed by atoms with E-state index in [9.17, 15) is 4.79 Å². The van der Waals surface area contributed by atoms with Crippen molar-refractivity contribution >= 4 is 11.6 Å². The van der Waals surface area contributed by atoms with Crippen molar-refractivity contribution in [3.8, 4) is 5.69 Å². The Morgan fingerprint density at radius 1 is 1.24 bits per heavy atom. The zero-order chi connectivity index (χ0) is 15.6. The Hall–Kier alpha value is -1.58. The topological polar surface area (TPSA) is 34.0 Å². The lowest BCUT2D eigenvalue weighted by atomic mass is 10.1. The molecule has 2 aromatic rings. The zero-order valence-corrected chi connectivity index (χ0v) is 13.7. The van der Waals surface area contributed by atoms with E-state index in [0.29, 0.717) is 12.6 Å². The van der Waals surface area contributed by atoms with Gasteiger partial charge in [0.05, 0.1) is 0 Å². The van der Waals surface area contributed by atoms with Crippen LogP contribution in [0.5, 0.6) is 0 Å². The van der Waals surface area contributed by atoms with Gasteiger partial charge in [-0.2, -0.15) is 0 Å². The normalized spacial score (nSPS) is 11.1. The van der Waals surface area contributed by atoms with Gasteiger partial charge in [-0.15, -0.1) is 0 Å². The van der Waals surface area contributed by atoms with Crippen LogP contribution in [0.25, 0.3) is 5.69 Å².